The van der Waals surface area contributed by atoms with Gasteiger partial charge in [-0.1, -0.05) is 19.9 Å². The van der Waals surface area contributed by atoms with Crippen molar-refractivity contribution in [2.75, 3.05) is 33.9 Å². The molecular weight excluding hydrogens is 332 g/mol. The predicted octanol–water partition coefficient (Wildman–Crippen LogP) is 2.26. The van der Waals surface area contributed by atoms with Crippen LogP contribution in [0.4, 0.5) is 0 Å². The standard InChI is InChI=1S/C20H30N2O4/c1-14(2)8-10-22-13-16(12-19(22)23)20(24)21-9-7-15-5-6-17(25-3)18(11-15)26-4/h5-6,11,14,16H,7-10,12-13H2,1-4H3,(H,21,24). The molecule has 1 aromatic rings. The molecule has 1 heterocycles. The zero-order valence-corrected chi connectivity index (χ0v) is 16.2. The van der Waals surface area contributed by atoms with Gasteiger partial charge in [0.2, 0.25) is 11.8 Å². The van der Waals surface area contributed by atoms with Gasteiger partial charge in [0.25, 0.3) is 0 Å². The molecule has 0 saturated carbocycles. The minimum atomic E-state index is -0.236. The maximum atomic E-state index is 12.4. The van der Waals surface area contributed by atoms with E-state index in [4.69, 9.17) is 9.47 Å². The van der Waals surface area contributed by atoms with Gasteiger partial charge in [-0.15, -0.1) is 0 Å². The third-order valence-corrected chi connectivity index (χ3v) is 4.72. The van der Waals surface area contributed by atoms with Gasteiger partial charge in [-0.05, 0) is 36.5 Å². The molecule has 26 heavy (non-hydrogen) atoms. The Hall–Kier alpha value is -2.24. The van der Waals surface area contributed by atoms with Crippen molar-refractivity contribution in [1.29, 1.82) is 0 Å². The Kier molecular flexibility index (Phi) is 7.30. The molecule has 0 bridgehead atoms. The number of benzene rings is 1. The first-order valence-electron chi connectivity index (χ1n) is 9.21. The maximum absolute atomic E-state index is 12.4. The summed E-state index contributed by atoms with van der Waals surface area (Å²) in [5, 5.41) is 2.96. The molecule has 0 spiro atoms. The van der Waals surface area contributed by atoms with Crippen molar-refractivity contribution in [1.82, 2.24) is 10.2 Å². The number of hydrogen-bond acceptors (Lipinski definition) is 4. The summed E-state index contributed by atoms with van der Waals surface area (Å²) in [6.45, 7) is 6.09. The van der Waals surface area contributed by atoms with Crippen molar-refractivity contribution in [2.24, 2.45) is 11.8 Å². The molecular formula is C20H30N2O4. The Labute approximate surface area is 155 Å². The first-order chi connectivity index (χ1) is 12.4. The number of nitrogens with one attached hydrogen (secondary N) is 1. The highest BCUT2D eigenvalue weighted by Crippen LogP contribution is 2.27. The zero-order valence-electron chi connectivity index (χ0n) is 16.2. The molecule has 0 aromatic heterocycles. The van der Waals surface area contributed by atoms with E-state index in [0.29, 0.717) is 43.3 Å². The molecule has 1 N–H and O–H groups in total. The molecule has 1 aliphatic heterocycles. The smallest absolute Gasteiger partial charge is 0.225 e. The van der Waals surface area contributed by atoms with E-state index in [1.807, 2.05) is 23.1 Å². The fourth-order valence-corrected chi connectivity index (χ4v) is 3.09. The van der Waals surface area contributed by atoms with Gasteiger partial charge >= 0.3 is 0 Å². The van der Waals surface area contributed by atoms with E-state index in [9.17, 15) is 9.59 Å². The van der Waals surface area contributed by atoms with E-state index in [1.54, 1.807) is 14.2 Å². The number of nitrogens with zero attached hydrogens (tertiary/aromatic N) is 1. The number of amides is 2. The molecule has 1 fully saturated rings. The Bertz CT molecular complexity index is 630. The van der Waals surface area contributed by atoms with Gasteiger partial charge in [-0.3, -0.25) is 9.59 Å². The second-order valence-electron chi connectivity index (χ2n) is 7.15. The number of rotatable bonds is 9. The molecule has 1 aromatic carbocycles. The van der Waals surface area contributed by atoms with Crippen molar-refractivity contribution < 1.29 is 19.1 Å². The van der Waals surface area contributed by atoms with Crippen LogP contribution in [-0.2, 0) is 16.0 Å². The zero-order chi connectivity index (χ0) is 19.1. The first kappa shape index (κ1) is 20.1. The van der Waals surface area contributed by atoms with Crippen LogP contribution in [0.5, 0.6) is 11.5 Å². The average molecular weight is 362 g/mol. The summed E-state index contributed by atoms with van der Waals surface area (Å²) < 4.78 is 10.5. The van der Waals surface area contributed by atoms with Crippen LogP contribution >= 0.6 is 0 Å². The normalized spacial score (nSPS) is 16.9. The summed E-state index contributed by atoms with van der Waals surface area (Å²) >= 11 is 0. The minimum absolute atomic E-state index is 0.0362. The number of carbonyl (C=O) groups excluding carboxylic acids is 2. The molecule has 6 nitrogen and oxygen atoms in total. The highest BCUT2D eigenvalue weighted by atomic mass is 16.5. The van der Waals surface area contributed by atoms with Crippen LogP contribution < -0.4 is 14.8 Å². The average Bonchev–Trinajstić information content (AvgIpc) is 3.00. The van der Waals surface area contributed by atoms with E-state index in [1.165, 1.54) is 0 Å². The lowest BCUT2D eigenvalue weighted by Crippen LogP contribution is -2.34. The molecule has 1 unspecified atom stereocenters. The van der Waals surface area contributed by atoms with Gasteiger partial charge < -0.3 is 19.7 Å². The summed E-state index contributed by atoms with van der Waals surface area (Å²) in [6.07, 6.45) is 1.99. The number of likely N-dealkylation sites (tertiary alicyclic amines) is 1. The van der Waals surface area contributed by atoms with Crippen LogP contribution in [0, 0.1) is 11.8 Å². The van der Waals surface area contributed by atoms with Crippen molar-refractivity contribution in [2.45, 2.75) is 33.1 Å². The van der Waals surface area contributed by atoms with Crippen LogP contribution in [0.1, 0.15) is 32.3 Å². The van der Waals surface area contributed by atoms with Gasteiger partial charge in [-0.2, -0.15) is 0 Å². The van der Waals surface area contributed by atoms with E-state index in [-0.39, 0.29) is 17.7 Å². The van der Waals surface area contributed by atoms with E-state index < -0.39 is 0 Å². The molecule has 0 radical (unpaired) electrons. The van der Waals surface area contributed by atoms with Crippen molar-refractivity contribution in [3.63, 3.8) is 0 Å². The van der Waals surface area contributed by atoms with Crippen LogP contribution in [0.15, 0.2) is 18.2 Å². The molecule has 1 saturated heterocycles. The summed E-state index contributed by atoms with van der Waals surface area (Å²) in [4.78, 5) is 26.2. The van der Waals surface area contributed by atoms with Crippen LogP contribution in [0.2, 0.25) is 0 Å². The van der Waals surface area contributed by atoms with Crippen molar-refractivity contribution >= 4 is 11.8 Å². The second-order valence-corrected chi connectivity index (χ2v) is 7.15. The molecule has 1 aliphatic rings. The maximum Gasteiger partial charge on any atom is 0.225 e. The van der Waals surface area contributed by atoms with Crippen LogP contribution in [0.3, 0.4) is 0 Å². The number of hydrogen-bond donors (Lipinski definition) is 1. The Morgan fingerprint density at radius 1 is 1.27 bits per heavy atom. The number of methoxy groups -OCH3 is 2. The summed E-state index contributed by atoms with van der Waals surface area (Å²) in [6, 6.07) is 5.73. The van der Waals surface area contributed by atoms with Gasteiger partial charge in [0.1, 0.15) is 0 Å². The van der Waals surface area contributed by atoms with Crippen LogP contribution in [0.25, 0.3) is 0 Å². The lowest BCUT2D eigenvalue weighted by Gasteiger charge is -2.17. The van der Waals surface area contributed by atoms with E-state index in [0.717, 1.165) is 18.5 Å². The van der Waals surface area contributed by atoms with E-state index in [2.05, 4.69) is 19.2 Å². The third kappa shape index (κ3) is 5.38. The number of ether oxygens (including phenoxy) is 2. The molecule has 6 heteroatoms. The fourth-order valence-electron chi connectivity index (χ4n) is 3.09. The topological polar surface area (TPSA) is 67.9 Å². The minimum Gasteiger partial charge on any atom is -0.493 e. The lowest BCUT2D eigenvalue weighted by molar-refractivity contribution is -0.129. The molecule has 0 aliphatic carbocycles. The molecule has 1 atom stereocenters. The van der Waals surface area contributed by atoms with Crippen molar-refractivity contribution in [3.05, 3.63) is 23.8 Å². The van der Waals surface area contributed by atoms with Gasteiger partial charge in [0, 0.05) is 26.1 Å². The third-order valence-electron chi connectivity index (χ3n) is 4.72. The lowest BCUT2D eigenvalue weighted by atomic mass is 10.1. The quantitative estimate of drug-likeness (QED) is 0.732. The predicted molar refractivity (Wildman–Crippen MR) is 100 cm³/mol. The van der Waals surface area contributed by atoms with Gasteiger partial charge in [0.05, 0.1) is 20.1 Å². The largest absolute Gasteiger partial charge is 0.493 e. The fraction of sp³-hybridized carbons (Fsp3) is 0.600. The van der Waals surface area contributed by atoms with Crippen LogP contribution in [-0.4, -0.2) is 50.6 Å². The summed E-state index contributed by atoms with van der Waals surface area (Å²) in [5.74, 6) is 1.73. The SMILES string of the molecule is COc1ccc(CCNC(=O)C2CC(=O)N(CCC(C)C)C2)cc1OC. The highest BCUT2D eigenvalue weighted by molar-refractivity contribution is 5.89. The Morgan fingerprint density at radius 3 is 2.65 bits per heavy atom. The van der Waals surface area contributed by atoms with Crippen molar-refractivity contribution in [3.8, 4) is 11.5 Å². The number of carbonyl (C=O) groups is 2. The monoisotopic (exact) mass is 362 g/mol. The molecule has 144 valence electrons. The van der Waals surface area contributed by atoms with E-state index >= 15 is 0 Å². The molecule has 2 amide bonds. The molecule has 2 rings (SSSR count). The Balaban J connectivity index is 1.79. The first-order valence-corrected chi connectivity index (χ1v) is 9.21. The second kappa shape index (κ2) is 9.46. The van der Waals surface area contributed by atoms with Gasteiger partial charge in [0.15, 0.2) is 11.5 Å². The summed E-state index contributed by atoms with van der Waals surface area (Å²) in [5.41, 5.74) is 1.06. The van der Waals surface area contributed by atoms with Gasteiger partial charge in [-0.25, -0.2) is 0 Å². The highest BCUT2D eigenvalue weighted by Gasteiger charge is 2.33. The Morgan fingerprint density at radius 2 is 2.00 bits per heavy atom. The summed E-state index contributed by atoms with van der Waals surface area (Å²) in [7, 11) is 3.21.